The second kappa shape index (κ2) is 9.65. The van der Waals surface area contributed by atoms with E-state index < -0.39 is 10.0 Å². The number of ether oxygens (including phenoxy) is 1. The van der Waals surface area contributed by atoms with Gasteiger partial charge in [-0.25, -0.2) is 8.42 Å². The van der Waals surface area contributed by atoms with Crippen LogP contribution in [0.3, 0.4) is 0 Å². The molecule has 2 heterocycles. The molecule has 0 saturated carbocycles. The fourth-order valence-electron chi connectivity index (χ4n) is 3.81. The number of carbonyl (C=O) groups excluding carboxylic acids is 2. The monoisotopic (exact) mass is 438 g/mol. The summed E-state index contributed by atoms with van der Waals surface area (Å²) in [5, 5.41) is 0. The van der Waals surface area contributed by atoms with Crippen molar-refractivity contribution in [1.82, 2.24) is 14.1 Å². The van der Waals surface area contributed by atoms with Crippen LogP contribution in [0.4, 0.5) is 5.69 Å². The average molecular weight is 439 g/mol. The minimum absolute atomic E-state index is 0.00694. The molecule has 0 aliphatic carbocycles. The van der Waals surface area contributed by atoms with Crippen molar-refractivity contribution < 1.29 is 22.7 Å². The number of benzene rings is 1. The fraction of sp³-hybridized carbons (Fsp3) is 0.600. The van der Waals surface area contributed by atoms with E-state index in [9.17, 15) is 18.0 Å². The number of carbonyl (C=O) groups is 2. The van der Waals surface area contributed by atoms with Crippen molar-refractivity contribution in [3.8, 4) is 5.75 Å². The third kappa shape index (κ3) is 5.63. The lowest BCUT2D eigenvalue weighted by Gasteiger charge is -2.36. The Bertz CT molecular complexity index is 842. The van der Waals surface area contributed by atoms with Crippen LogP contribution in [0.15, 0.2) is 24.3 Å². The van der Waals surface area contributed by atoms with Gasteiger partial charge >= 0.3 is 0 Å². The van der Waals surface area contributed by atoms with Crippen LogP contribution in [-0.2, 0) is 19.6 Å². The Balaban J connectivity index is 1.40. The van der Waals surface area contributed by atoms with Crippen molar-refractivity contribution in [3.05, 3.63) is 24.3 Å². The highest BCUT2D eigenvalue weighted by molar-refractivity contribution is 7.88. The summed E-state index contributed by atoms with van der Waals surface area (Å²) in [7, 11) is -1.58. The largest absolute Gasteiger partial charge is 0.497 e. The Hall–Kier alpha value is -2.33. The van der Waals surface area contributed by atoms with Crippen molar-refractivity contribution >= 4 is 27.5 Å². The normalized spacial score (nSPS) is 18.4. The maximum absolute atomic E-state index is 12.5. The van der Waals surface area contributed by atoms with Crippen molar-refractivity contribution in [3.63, 3.8) is 0 Å². The number of sulfonamides is 1. The van der Waals surface area contributed by atoms with Gasteiger partial charge in [0.05, 0.1) is 13.4 Å². The number of nitrogens with zero attached hydrogens (tertiary/aromatic N) is 4. The van der Waals surface area contributed by atoms with Gasteiger partial charge in [0, 0.05) is 70.9 Å². The molecule has 2 saturated heterocycles. The van der Waals surface area contributed by atoms with E-state index in [1.807, 2.05) is 29.2 Å². The molecule has 0 unspecified atom stereocenters. The number of piperazine rings is 2. The summed E-state index contributed by atoms with van der Waals surface area (Å²) in [6.45, 7) is 4.13. The standard InChI is InChI=1S/C20H30N4O5S/c1-29-18-5-3-17(4-6-18)21-9-11-22(12-10-21)19(25)7-8-20(26)23-13-15-24(16-14-23)30(2,27)28/h3-6H,7-16H2,1-2H3. The van der Waals surface area contributed by atoms with Crippen LogP contribution in [0.1, 0.15) is 12.8 Å². The van der Waals surface area contributed by atoms with Gasteiger partial charge in [-0.1, -0.05) is 0 Å². The van der Waals surface area contributed by atoms with Crippen molar-refractivity contribution in [2.45, 2.75) is 12.8 Å². The first-order valence-electron chi connectivity index (χ1n) is 10.2. The highest BCUT2D eigenvalue weighted by atomic mass is 32.2. The molecule has 2 aliphatic heterocycles. The van der Waals surface area contributed by atoms with E-state index >= 15 is 0 Å². The van der Waals surface area contributed by atoms with Gasteiger partial charge < -0.3 is 19.4 Å². The SMILES string of the molecule is COc1ccc(N2CCN(C(=O)CCC(=O)N3CCN(S(C)(=O)=O)CC3)CC2)cc1. The molecule has 0 spiro atoms. The van der Waals surface area contributed by atoms with Crippen LogP contribution < -0.4 is 9.64 Å². The molecule has 2 amide bonds. The zero-order chi connectivity index (χ0) is 21.7. The second-order valence-electron chi connectivity index (χ2n) is 7.61. The van der Waals surface area contributed by atoms with Gasteiger partial charge in [-0.15, -0.1) is 0 Å². The van der Waals surface area contributed by atoms with Crippen molar-refractivity contribution in [1.29, 1.82) is 0 Å². The number of rotatable bonds is 6. The molecule has 166 valence electrons. The molecule has 30 heavy (non-hydrogen) atoms. The molecule has 0 bridgehead atoms. The van der Waals surface area contributed by atoms with E-state index in [-0.39, 0.29) is 24.7 Å². The second-order valence-corrected chi connectivity index (χ2v) is 9.59. The molecular formula is C20H30N4O5S. The number of amides is 2. The summed E-state index contributed by atoms with van der Waals surface area (Å²) in [5.74, 6) is 0.718. The first-order chi connectivity index (χ1) is 14.3. The molecule has 1 aromatic rings. The average Bonchev–Trinajstić information content (AvgIpc) is 2.77. The van der Waals surface area contributed by atoms with Gasteiger partial charge in [0.2, 0.25) is 21.8 Å². The van der Waals surface area contributed by atoms with Crippen LogP contribution in [0.25, 0.3) is 0 Å². The smallest absolute Gasteiger partial charge is 0.223 e. The third-order valence-corrected chi connectivity index (χ3v) is 6.99. The van der Waals surface area contributed by atoms with E-state index in [2.05, 4.69) is 4.90 Å². The molecule has 9 nitrogen and oxygen atoms in total. The first kappa shape index (κ1) is 22.4. The molecular weight excluding hydrogens is 408 g/mol. The van der Waals surface area contributed by atoms with Crippen LogP contribution in [-0.4, -0.2) is 100 Å². The van der Waals surface area contributed by atoms with Crippen LogP contribution in [0, 0.1) is 0 Å². The Morgan fingerprint density at radius 3 is 1.73 bits per heavy atom. The molecule has 3 rings (SSSR count). The first-order valence-corrected chi connectivity index (χ1v) is 12.0. The summed E-state index contributed by atoms with van der Waals surface area (Å²) in [6, 6.07) is 7.87. The number of hydrogen-bond acceptors (Lipinski definition) is 6. The minimum Gasteiger partial charge on any atom is -0.497 e. The zero-order valence-corrected chi connectivity index (χ0v) is 18.4. The predicted molar refractivity (Wildman–Crippen MR) is 114 cm³/mol. The summed E-state index contributed by atoms with van der Waals surface area (Å²) < 4.78 is 29.7. The van der Waals surface area contributed by atoms with E-state index in [0.29, 0.717) is 39.3 Å². The maximum Gasteiger partial charge on any atom is 0.223 e. The zero-order valence-electron chi connectivity index (χ0n) is 17.6. The van der Waals surface area contributed by atoms with Crippen LogP contribution in [0.2, 0.25) is 0 Å². The number of hydrogen-bond donors (Lipinski definition) is 0. The fourth-order valence-corrected chi connectivity index (χ4v) is 4.63. The van der Waals surface area contributed by atoms with E-state index in [0.717, 1.165) is 24.5 Å². The van der Waals surface area contributed by atoms with Gasteiger partial charge in [-0.05, 0) is 24.3 Å². The van der Waals surface area contributed by atoms with Crippen molar-refractivity contribution in [2.75, 3.05) is 70.6 Å². The molecule has 1 aromatic carbocycles. The van der Waals surface area contributed by atoms with Gasteiger partial charge in [0.15, 0.2) is 0 Å². The van der Waals surface area contributed by atoms with E-state index in [4.69, 9.17) is 4.74 Å². The molecule has 10 heteroatoms. The lowest BCUT2D eigenvalue weighted by molar-refractivity contribution is -0.137. The highest BCUT2D eigenvalue weighted by Gasteiger charge is 2.27. The number of methoxy groups -OCH3 is 1. The topological polar surface area (TPSA) is 90.5 Å². The Morgan fingerprint density at radius 2 is 1.30 bits per heavy atom. The third-order valence-electron chi connectivity index (χ3n) is 5.68. The Kier molecular flexibility index (Phi) is 7.19. The molecule has 0 radical (unpaired) electrons. The van der Waals surface area contributed by atoms with Gasteiger partial charge in [-0.2, -0.15) is 4.31 Å². The maximum atomic E-state index is 12.5. The molecule has 0 N–H and O–H groups in total. The van der Waals surface area contributed by atoms with Gasteiger partial charge in [0.1, 0.15) is 5.75 Å². The summed E-state index contributed by atoms with van der Waals surface area (Å²) in [4.78, 5) is 30.6. The van der Waals surface area contributed by atoms with Gasteiger partial charge in [0.25, 0.3) is 0 Å². The quantitative estimate of drug-likeness (QED) is 0.632. The van der Waals surface area contributed by atoms with Crippen molar-refractivity contribution in [2.24, 2.45) is 0 Å². The predicted octanol–water partition coefficient (Wildman–Crippen LogP) is 0.228. The lowest BCUT2D eigenvalue weighted by Crippen LogP contribution is -2.51. The molecule has 0 atom stereocenters. The molecule has 0 aromatic heterocycles. The number of anilines is 1. The summed E-state index contributed by atoms with van der Waals surface area (Å²) in [6.07, 6.45) is 1.53. The summed E-state index contributed by atoms with van der Waals surface area (Å²) in [5.41, 5.74) is 1.10. The van der Waals surface area contributed by atoms with Gasteiger partial charge in [-0.3, -0.25) is 9.59 Å². The minimum atomic E-state index is -3.22. The Morgan fingerprint density at radius 1 is 0.833 bits per heavy atom. The highest BCUT2D eigenvalue weighted by Crippen LogP contribution is 2.21. The molecule has 2 aliphatic rings. The Labute approximate surface area is 178 Å². The van der Waals surface area contributed by atoms with E-state index in [1.54, 1.807) is 12.0 Å². The molecule has 2 fully saturated rings. The lowest BCUT2D eigenvalue weighted by atomic mass is 10.2. The summed E-state index contributed by atoms with van der Waals surface area (Å²) >= 11 is 0. The van der Waals surface area contributed by atoms with E-state index in [1.165, 1.54) is 10.6 Å². The van der Waals surface area contributed by atoms with Crippen LogP contribution in [0.5, 0.6) is 5.75 Å². The van der Waals surface area contributed by atoms with Crippen LogP contribution >= 0.6 is 0 Å².